The highest BCUT2D eigenvalue weighted by Gasteiger charge is 2.53. The van der Waals surface area contributed by atoms with E-state index in [1.807, 2.05) is 0 Å². The van der Waals surface area contributed by atoms with Gasteiger partial charge in [0.25, 0.3) is 18.8 Å². The molecule has 25 heavy (non-hydrogen) atoms. The summed E-state index contributed by atoms with van der Waals surface area (Å²) >= 11 is 0. The number of rotatable bonds is 4. The van der Waals surface area contributed by atoms with Crippen molar-refractivity contribution in [3.8, 4) is 0 Å². The highest BCUT2D eigenvalue weighted by molar-refractivity contribution is 5.92. The van der Waals surface area contributed by atoms with E-state index in [1.165, 1.54) is 6.92 Å². The molecule has 1 atom stereocenters. The van der Waals surface area contributed by atoms with Crippen LogP contribution in [0.15, 0.2) is 11.2 Å². The molecule has 13 heteroatoms. The second-order valence-electron chi connectivity index (χ2n) is 5.28. The minimum atomic E-state index is -4.79. The van der Waals surface area contributed by atoms with Crippen LogP contribution >= 0.6 is 0 Å². The highest BCUT2D eigenvalue weighted by Crippen LogP contribution is 2.33. The highest BCUT2D eigenvalue weighted by atomic mass is 19.4. The third-order valence-electron chi connectivity index (χ3n) is 3.43. The van der Waals surface area contributed by atoms with Gasteiger partial charge >= 0.3 is 6.18 Å². The smallest absolute Gasteiger partial charge is 0.364 e. The molecular weight excluding hydrogens is 365 g/mol. The van der Waals surface area contributed by atoms with Crippen LogP contribution in [-0.2, 0) is 17.5 Å². The Kier molecular flexibility index (Phi) is 4.81. The van der Waals surface area contributed by atoms with Crippen LogP contribution in [-0.4, -0.2) is 50.1 Å². The van der Waals surface area contributed by atoms with E-state index in [4.69, 9.17) is 0 Å². The van der Waals surface area contributed by atoms with E-state index >= 15 is 0 Å². The van der Waals surface area contributed by atoms with Gasteiger partial charge < -0.3 is 5.11 Å². The molecule has 1 aromatic heterocycles. The Hall–Kier alpha value is -2.18. The van der Waals surface area contributed by atoms with Gasteiger partial charge in [0, 0.05) is 12.1 Å². The summed E-state index contributed by atoms with van der Waals surface area (Å²) in [6, 6.07) is 0.616. The van der Waals surface area contributed by atoms with Crippen molar-refractivity contribution in [1.29, 1.82) is 0 Å². The van der Waals surface area contributed by atoms with Gasteiger partial charge in [-0.2, -0.15) is 28.4 Å². The third kappa shape index (κ3) is 3.60. The van der Waals surface area contributed by atoms with Crippen molar-refractivity contribution >= 4 is 11.6 Å². The molecule has 0 bridgehead atoms. The molecule has 1 amide bonds. The second kappa shape index (κ2) is 6.28. The molecule has 2 rings (SSSR count). The first kappa shape index (κ1) is 19.1. The number of hydrogen-bond donors (Lipinski definition) is 1. The first-order chi connectivity index (χ1) is 11.4. The Morgan fingerprint density at radius 2 is 1.96 bits per heavy atom. The molecule has 1 aliphatic heterocycles. The lowest BCUT2D eigenvalue weighted by molar-refractivity contribution is -0.192. The zero-order valence-electron chi connectivity index (χ0n) is 12.4. The minimum Gasteiger partial charge on any atom is -0.364 e. The van der Waals surface area contributed by atoms with Gasteiger partial charge in [-0.05, 0) is 13.0 Å². The zero-order chi connectivity index (χ0) is 19.2. The maximum atomic E-state index is 13.0. The van der Waals surface area contributed by atoms with Crippen LogP contribution in [0.1, 0.15) is 17.8 Å². The SMILES string of the molecule is Cc1cc(C(F)(F)F)nn1CC(=O)N1N=C(C(F)F)C[C@]1(O)C(F)F. The molecule has 2 heterocycles. The topological polar surface area (TPSA) is 70.7 Å². The van der Waals surface area contributed by atoms with Gasteiger partial charge in [0.15, 0.2) is 5.69 Å². The summed E-state index contributed by atoms with van der Waals surface area (Å²) in [6.45, 7) is 0.170. The summed E-state index contributed by atoms with van der Waals surface area (Å²) in [4.78, 5) is 12.1. The number of carbonyl (C=O) groups excluding carboxylic acids is 1. The number of aromatic nitrogens is 2. The van der Waals surface area contributed by atoms with Gasteiger partial charge in [-0.1, -0.05) is 0 Å². The summed E-state index contributed by atoms with van der Waals surface area (Å²) in [5, 5.41) is 15.7. The fourth-order valence-electron chi connectivity index (χ4n) is 2.16. The van der Waals surface area contributed by atoms with Gasteiger partial charge in [0.2, 0.25) is 5.72 Å². The fraction of sp³-hybridized carbons (Fsp3) is 0.583. The standard InChI is InChI=1S/C12H11F7N4O2/c1-5-2-7(12(17,18)19)21-22(5)4-8(24)23-11(25,10(15)16)3-6(20-23)9(13)14/h2,9-10,25H,3-4H2,1H3/t11-/m0/s1. The Morgan fingerprint density at radius 1 is 1.36 bits per heavy atom. The Balaban J connectivity index is 2.28. The molecule has 0 unspecified atom stereocenters. The number of nitrogens with zero attached hydrogens (tertiary/aromatic N) is 4. The molecule has 0 aliphatic carbocycles. The maximum absolute atomic E-state index is 13.0. The molecule has 1 N–H and O–H groups in total. The number of halogens is 7. The van der Waals surface area contributed by atoms with Crippen LogP contribution in [0.4, 0.5) is 30.7 Å². The number of hydrazone groups is 1. The van der Waals surface area contributed by atoms with E-state index in [0.29, 0.717) is 10.7 Å². The lowest BCUT2D eigenvalue weighted by Crippen LogP contribution is -2.52. The number of hydrogen-bond acceptors (Lipinski definition) is 4. The van der Waals surface area contributed by atoms with Gasteiger partial charge in [0.05, 0.1) is 0 Å². The Morgan fingerprint density at radius 3 is 2.40 bits per heavy atom. The molecule has 6 nitrogen and oxygen atoms in total. The van der Waals surface area contributed by atoms with E-state index < -0.39 is 55.0 Å². The molecule has 1 aromatic rings. The molecule has 0 spiro atoms. The predicted octanol–water partition coefficient (Wildman–Crippen LogP) is 2.02. The largest absolute Gasteiger partial charge is 0.435 e. The molecule has 140 valence electrons. The number of alkyl halides is 7. The summed E-state index contributed by atoms with van der Waals surface area (Å²) in [5.41, 5.74) is -5.88. The average Bonchev–Trinajstić information content (AvgIpc) is 3.01. The van der Waals surface area contributed by atoms with Crippen molar-refractivity contribution in [1.82, 2.24) is 14.8 Å². The van der Waals surface area contributed by atoms with Crippen molar-refractivity contribution in [3.05, 3.63) is 17.5 Å². The van der Waals surface area contributed by atoms with Crippen molar-refractivity contribution in [2.24, 2.45) is 5.10 Å². The molecular formula is C12H11F7N4O2. The molecule has 0 aromatic carbocycles. The number of aryl methyl sites for hydroxylation is 1. The summed E-state index contributed by atoms with van der Waals surface area (Å²) in [6.07, 6.45) is -13.0. The second-order valence-corrected chi connectivity index (χ2v) is 5.28. The summed E-state index contributed by atoms with van der Waals surface area (Å²) < 4.78 is 89.6. The molecule has 0 fully saturated rings. The molecule has 0 saturated carbocycles. The normalized spacial score (nSPS) is 21.4. The lowest BCUT2D eigenvalue weighted by Gasteiger charge is -2.30. The van der Waals surface area contributed by atoms with E-state index in [-0.39, 0.29) is 10.7 Å². The number of aliphatic hydroxyl groups is 1. The molecule has 0 saturated heterocycles. The Labute approximate surface area is 135 Å². The average molecular weight is 376 g/mol. The van der Waals surface area contributed by atoms with Crippen molar-refractivity contribution in [2.75, 3.05) is 0 Å². The van der Waals surface area contributed by atoms with E-state index in [0.717, 1.165) is 0 Å². The van der Waals surface area contributed by atoms with Crippen molar-refractivity contribution in [3.63, 3.8) is 0 Å². The van der Waals surface area contributed by atoms with Gasteiger partial charge in [0.1, 0.15) is 12.3 Å². The zero-order valence-corrected chi connectivity index (χ0v) is 12.4. The quantitative estimate of drug-likeness (QED) is 0.818. The van der Waals surface area contributed by atoms with Crippen LogP contribution in [0.25, 0.3) is 0 Å². The van der Waals surface area contributed by atoms with Crippen molar-refractivity contribution in [2.45, 2.75) is 44.6 Å². The number of amides is 1. The van der Waals surface area contributed by atoms with E-state index in [1.54, 1.807) is 0 Å². The van der Waals surface area contributed by atoms with Gasteiger partial charge in [-0.25, -0.2) is 17.6 Å². The van der Waals surface area contributed by atoms with Crippen LogP contribution in [0.5, 0.6) is 0 Å². The first-order valence-corrected chi connectivity index (χ1v) is 6.67. The van der Waals surface area contributed by atoms with Crippen molar-refractivity contribution < 1.29 is 40.6 Å². The van der Waals surface area contributed by atoms with E-state index in [2.05, 4.69) is 10.2 Å². The number of carbonyl (C=O) groups is 1. The first-order valence-electron chi connectivity index (χ1n) is 6.67. The molecule has 0 radical (unpaired) electrons. The molecule has 1 aliphatic rings. The van der Waals surface area contributed by atoms with Crippen LogP contribution in [0.2, 0.25) is 0 Å². The summed E-state index contributed by atoms with van der Waals surface area (Å²) in [5.74, 6) is -1.42. The predicted molar refractivity (Wildman–Crippen MR) is 67.8 cm³/mol. The minimum absolute atomic E-state index is 0.126. The van der Waals surface area contributed by atoms with Crippen LogP contribution in [0.3, 0.4) is 0 Å². The summed E-state index contributed by atoms with van der Waals surface area (Å²) in [7, 11) is 0. The van der Waals surface area contributed by atoms with Gasteiger partial charge in [-0.3, -0.25) is 9.48 Å². The fourth-order valence-corrected chi connectivity index (χ4v) is 2.16. The maximum Gasteiger partial charge on any atom is 0.435 e. The van der Waals surface area contributed by atoms with E-state index in [9.17, 15) is 40.6 Å². The van der Waals surface area contributed by atoms with Crippen LogP contribution in [0, 0.1) is 6.92 Å². The van der Waals surface area contributed by atoms with Crippen LogP contribution < -0.4 is 0 Å². The Bertz CT molecular complexity index is 700. The lowest BCUT2D eigenvalue weighted by atomic mass is 10.1. The third-order valence-corrected chi connectivity index (χ3v) is 3.43. The monoisotopic (exact) mass is 376 g/mol. The van der Waals surface area contributed by atoms with Gasteiger partial charge in [-0.15, -0.1) is 0 Å².